The molecule has 1 heterocycles. The fourth-order valence-electron chi connectivity index (χ4n) is 2.57. The maximum atomic E-state index is 4.00. The number of rotatable bonds is 4. The monoisotopic (exact) mass is 266 g/mol. The Kier molecular flexibility index (Phi) is 3.48. The van der Waals surface area contributed by atoms with Crippen LogP contribution in [0.2, 0.25) is 0 Å². The van der Waals surface area contributed by atoms with E-state index in [1.54, 1.807) is 0 Å². The molecule has 3 aromatic rings. The van der Waals surface area contributed by atoms with Gasteiger partial charge in [0.1, 0.15) is 0 Å². The first-order valence-corrected chi connectivity index (χ1v) is 6.77. The first kappa shape index (κ1) is 12.8. The van der Waals surface area contributed by atoms with Crippen LogP contribution in [0.1, 0.15) is 17.3 Å². The van der Waals surface area contributed by atoms with Crippen molar-refractivity contribution in [2.45, 2.75) is 12.5 Å². The summed E-state index contributed by atoms with van der Waals surface area (Å²) < 4.78 is 1.82. The Bertz CT molecular complexity index is 717. The van der Waals surface area contributed by atoms with E-state index in [-0.39, 0.29) is 6.04 Å². The zero-order chi connectivity index (χ0) is 13.9. The number of likely N-dealkylation sites (N-methyl/N-ethyl adjacent to an activating group) is 1. The minimum Gasteiger partial charge on any atom is -0.311 e. The molecule has 0 aliphatic heterocycles. The fraction of sp³-hybridized carbons (Fsp3) is 0.250. The van der Waals surface area contributed by atoms with Crippen molar-refractivity contribution in [2.75, 3.05) is 7.05 Å². The number of nitrogens with one attached hydrogen (secondary N) is 1. The lowest BCUT2D eigenvalue weighted by molar-refractivity contribution is 0.535. The van der Waals surface area contributed by atoms with Gasteiger partial charge in [-0.05, 0) is 29.8 Å². The molecular weight excluding hydrogens is 248 g/mol. The Hall–Kier alpha value is -2.20. The standard InChI is InChI=1S/C16H18N4/c1-17-15(16-11-18-19-20(16)2)10-12-7-8-13-5-3-4-6-14(13)9-12/h3-9,11,15,17H,10H2,1-2H3. The van der Waals surface area contributed by atoms with Crippen LogP contribution in [0.25, 0.3) is 10.8 Å². The summed E-state index contributed by atoms with van der Waals surface area (Å²) in [6.45, 7) is 0. The highest BCUT2D eigenvalue weighted by Crippen LogP contribution is 2.21. The summed E-state index contributed by atoms with van der Waals surface area (Å²) in [5.41, 5.74) is 2.41. The second kappa shape index (κ2) is 5.43. The van der Waals surface area contributed by atoms with Crippen molar-refractivity contribution in [3.8, 4) is 0 Å². The van der Waals surface area contributed by atoms with Crippen molar-refractivity contribution in [1.82, 2.24) is 20.3 Å². The lowest BCUT2D eigenvalue weighted by Gasteiger charge is -2.16. The number of aromatic nitrogens is 3. The third-order valence-corrected chi connectivity index (χ3v) is 3.71. The molecule has 0 bridgehead atoms. The van der Waals surface area contributed by atoms with Gasteiger partial charge in [-0.15, -0.1) is 5.10 Å². The normalized spacial score (nSPS) is 12.7. The first-order valence-electron chi connectivity index (χ1n) is 6.77. The average molecular weight is 266 g/mol. The lowest BCUT2D eigenvalue weighted by Crippen LogP contribution is -2.21. The van der Waals surface area contributed by atoms with Crippen LogP contribution in [0, 0.1) is 0 Å². The Labute approximate surface area is 118 Å². The highest BCUT2D eigenvalue weighted by atomic mass is 15.4. The van der Waals surface area contributed by atoms with Gasteiger partial charge in [-0.1, -0.05) is 47.7 Å². The molecule has 3 rings (SSSR count). The molecule has 1 N–H and O–H groups in total. The van der Waals surface area contributed by atoms with Crippen molar-refractivity contribution < 1.29 is 0 Å². The Morgan fingerprint density at radius 1 is 1.15 bits per heavy atom. The largest absolute Gasteiger partial charge is 0.311 e. The molecule has 102 valence electrons. The molecule has 2 aromatic carbocycles. The number of benzene rings is 2. The maximum absolute atomic E-state index is 4.00. The van der Waals surface area contributed by atoms with Crippen LogP contribution in [0.3, 0.4) is 0 Å². The summed E-state index contributed by atoms with van der Waals surface area (Å²) in [5.74, 6) is 0. The number of aryl methyl sites for hydroxylation is 1. The van der Waals surface area contributed by atoms with Crippen molar-refractivity contribution in [3.63, 3.8) is 0 Å². The van der Waals surface area contributed by atoms with Gasteiger partial charge in [-0.25, -0.2) is 0 Å². The second-order valence-electron chi connectivity index (χ2n) is 5.01. The maximum Gasteiger partial charge on any atom is 0.0756 e. The van der Waals surface area contributed by atoms with E-state index in [2.05, 4.69) is 58.1 Å². The molecular formula is C16H18N4. The van der Waals surface area contributed by atoms with Gasteiger partial charge in [-0.3, -0.25) is 4.68 Å². The van der Waals surface area contributed by atoms with E-state index in [9.17, 15) is 0 Å². The van der Waals surface area contributed by atoms with Crippen LogP contribution < -0.4 is 5.32 Å². The molecule has 0 spiro atoms. The van der Waals surface area contributed by atoms with E-state index in [0.717, 1.165) is 12.1 Å². The zero-order valence-corrected chi connectivity index (χ0v) is 11.7. The minimum atomic E-state index is 0.219. The molecule has 0 radical (unpaired) electrons. The van der Waals surface area contributed by atoms with Gasteiger partial charge in [-0.2, -0.15) is 0 Å². The van der Waals surface area contributed by atoms with Crippen LogP contribution in [0.5, 0.6) is 0 Å². The highest BCUT2D eigenvalue weighted by molar-refractivity contribution is 5.83. The third kappa shape index (κ3) is 2.42. The second-order valence-corrected chi connectivity index (χ2v) is 5.01. The first-order chi connectivity index (χ1) is 9.78. The van der Waals surface area contributed by atoms with Crippen molar-refractivity contribution in [3.05, 3.63) is 59.9 Å². The summed E-state index contributed by atoms with van der Waals surface area (Å²) >= 11 is 0. The summed E-state index contributed by atoms with van der Waals surface area (Å²) in [7, 11) is 3.89. The smallest absolute Gasteiger partial charge is 0.0756 e. The molecule has 0 aliphatic carbocycles. The van der Waals surface area contributed by atoms with Crippen LogP contribution in [0.15, 0.2) is 48.7 Å². The van der Waals surface area contributed by atoms with Crippen LogP contribution in [-0.2, 0) is 13.5 Å². The van der Waals surface area contributed by atoms with E-state index in [1.807, 2.05) is 25.0 Å². The fourth-order valence-corrected chi connectivity index (χ4v) is 2.57. The van der Waals surface area contributed by atoms with Crippen molar-refractivity contribution in [2.24, 2.45) is 7.05 Å². The van der Waals surface area contributed by atoms with Crippen LogP contribution in [0.4, 0.5) is 0 Å². The van der Waals surface area contributed by atoms with E-state index >= 15 is 0 Å². The van der Waals surface area contributed by atoms with Crippen molar-refractivity contribution in [1.29, 1.82) is 0 Å². The summed E-state index contributed by atoms with van der Waals surface area (Å²) in [4.78, 5) is 0. The molecule has 1 unspecified atom stereocenters. The average Bonchev–Trinajstić information content (AvgIpc) is 2.91. The van der Waals surface area contributed by atoms with Gasteiger partial charge < -0.3 is 5.32 Å². The Balaban J connectivity index is 1.89. The summed E-state index contributed by atoms with van der Waals surface area (Å²) in [6, 6.07) is 15.3. The summed E-state index contributed by atoms with van der Waals surface area (Å²) in [5, 5.41) is 13.9. The molecule has 1 aromatic heterocycles. The SMILES string of the molecule is CNC(Cc1ccc2ccccc2c1)c1cnnn1C. The third-order valence-electron chi connectivity index (χ3n) is 3.71. The van der Waals surface area contributed by atoms with Gasteiger partial charge in [0.2, 0.25) is 0 Å². The molecule has 4 nitrogen and oxygen atoms in total. The molecule has 1 atom stereocenters. The predicted octanol–water partition coefficient (Wildman–Crippen LogP) is 2.47. The number of hydrogen-bond acceptors (Lipinski definition) is 3. The lowest BCUT2D eigenvalue weighted by atomic mass is 10.0. The van der Waals surface area contributed by atoms with Crippen LogP contribution in [-0.4, -0.2) is 22.0 Å². The minimum absolute atomic E-state index is 0.219. The van der Waals surface area contributed by atoms with E-state index in [1.165, 1.54) is 16.3 Å². The molecule has 0 saturated carbocycles. The van der Waals surface area contributed by atoms with Gasteiger partial charge in [0, 0.05) is 7.05 Å². The Morgan fingerprint density at radius 2 is 1.95 bits per heavy atom. The number of fused-ring (bicyclic) bond motifs is 1. The topological polar surface area (TPSA) is 42.7 Å². The van der Waals surface area contributed by atoms with Gasteiger partial charge in [0.25, 0.3) is 0 Å². The van der Waals surface area contributed by atoms with E-state index < -0.39 is 0 Å². The molecule has 20 heavy (non-hydrogen) atoms. The molecule has 4 heteroatoms. The summed E-state index contributed by atoms with van der Waals surface area (Å²) in [6.07, 6.45) is 2.74. The molecule has 0 fully saturated rings. The van der Waals surface area contributed by atoms with Gasteiger partial charge in [0.15, 0.2) is 0 Å². The zero-order valence-electron chi connectivity index (χ0n) is 11.7. The van der Waals surface area contributed by atoms with E-state index in [4.69, 9.17) is 0 Å². The Morgan fingerprint density at radius 3 is 2.65 bits per heavy atom. The van der Waals surface area contributed by atoms with Crippen LogP contribution >= 0.6 is 0 Å². The molecule has 0 amide bonds. The van der Waals surface area contributed by atoms with Crippen molar-refractivity contribution >= 4 is 10.8 Å². The van der Waals surface area contributed by atoms with E-state index in [0.29, 0.717) is 0 Å². The van der Waals surface area contributed by atoms with Gasteiger partial charge >= 0.3 is 0 Å². The highest BCUT2D eigenvalue weighted by Gasteiger charge is 2.14. The number of hydrogen-bond donors (Lipinski definition) is 1. The molecule has 0 aliphatic rings. The predicted molar refractivity (Wildman–Crippen MR) is 80.5 cm³/mol. The molecule has 0 saturated heterocycles. The quantitative estimate of drug-likeness (QED) is 0.789. The van der Waals surface area contributed by atoms with Gasteiger partial charge in [0.05, 0.1) is 17.9 Å². The number of nitrogens with zero attached hydrogens (tertiary/aromatic N) is 3.